The lowest BCUT2D eigenvalue weighted by Gasteiger charge is -2.27. The molecule has 0 spiro atoms. The lowest BCUT2D eigenvalue weighted by molar-refractivity contribution is 0.405. The highest BCUT2D eigenvalue weighted by atomic mass is 19.2. The molecule has 0 nitrogen and oxygen atoms in total. The van der Waals surface area contributed by atoms with E-state index in [4.69, 9.17) is 0 Å². The summed E-state index contributed by atoms with van der Waals surface area (Å²) in [6.07, 6.45) is 0. The molecule has 0 radical (unpaired) electrons. The molecule has 6 rings (SSSR count). The highest BCUT2D eigenvalue weighted by molar-refractivity contribution is 6.98. The molecule has 0 aromatic heterocycles. The summed E-state index contributed by atoms with van der Waals surface area (Å²) < 4.78 is 363. The Bertz CT molecular complexity index is 2610. The van der Waals surface area contributed by atoms with Crippen LogP contribution in [0.3, 0.4) is 0 Å². The van der Waals surface area contributed by atoms with Crippen molar-refractivity contribution < 1.29 is 105 Å². The van der Waals surface area contributed by atoms with Gasteiger partial charge in [0.25, 0.3) is 6.71 Å². The summed E-state index contributed by atoms with van der Waals surface area (Å²) in [6, 6.07) is -2.53. The van der Waals surface area contributed by atoms with Crippen molar-refractivity contribution in [3.63, 3.8) is 0 Å². The third-order valence-corrected chi connectivity index (χ3v) is 8.89. The molecule has 0 N–H and O–H groups in total. The van der Waals surface area contributed by atoms with E-state index in [1.165, 1.54) is 0 Å². The van der Waals surface area contributed by atoms with Gasteiger partial charge in [0, 0.05) is 33.4 Å². The molecule has 0 unspecified atom stereocenters. The average Bonchev–Trinajstić information content (AvgIpc) is 3.23. The van der Waals surface area contributed by atoms with E-state index < -0.39 is 214 Å². The SMILES string of the molecule is Fc1cc(-c2c(F)c(F)c(F)c(F)c2B(c2c(F)c(F)c(F)c(F)c2-c2cc(F)c(F)c(F)c2F)c2c(F)c(F)c(F)c(F)c2-c2cc(F)c(F)c(F)c2F)c(F)c(F)c1F. The fourth-order valence-electron chi connectivity index (χ4n) is 6.25. The standard InChI is InChI=1S/C36H3BF24/c38-7-1-4(16(41)28(53)19(7)44)10-13(25(50)34(59)31(56)22(10)47)37(14-11(23(48)32(57)35(60)26(14)51)5-2-8(39)20(45)29(54)17(5)42)15-12(24(49)33(58)36(61)27(15)52)6-3-9(40)21(46)30(55)18(6)43/h1-3H. The lowest BCUT2D eigenvalue weighted by Crippen LogP contribution is -2.59. The molecule has 0 atom stereocenters. The van der Waals surface area contributed by atoms with Crippen molar-refractivity contribution in [3.05, 3.63) is 158 Å². The van der Waals surface area contributed by atoms with Gasteiger partial charge in [0.05, 0.1) is 0 Å². The van der Waals surface area contributed by atoms with Crippen LogP contribution in [0.5, 0.6) is 0 Å². The van der Waals surface area contributed by atoms with Gasteiger partial charge in [-0.05, 0) is 34.6 Å². The van der Waals surface area contributed by atoms with Crippen LogP contribution in [0.25, 0.3) is 33.4 Å². The molecule has 0 bridgehead atoms. The van der Waals surface area contributed by atoms with Gasteiger partial charge in [-0.25, -0.2) is 105 Å². The van der Waals surface area contributed by atoms with Crippen LogP contribution in [-0.4, -0.2) is 6.71 Å². The molecule has 6 aromatic carbocycles. The maximum Gasteiger partial charge on any atom is 0.255 e. The van der Waals surface area contributed by atoms with Gasteiger partial charge >= 0.3 is 0 Å². The molecule has 0 aliphatic carbocycles. The van der Waals surface area contributed by atoms with Crippen LogP contribution in [-0.2, 0) is 0 Å². The Hall–Kier alpha value is -6.30. The van der Waals surface area contributed by atoms with Gasteiger partial charge in [-0.15, -0.1) is 0 Å². The number of benzene rings is 6. The van der Waals surface area contributed by atoms with Gasteiger partial charge in [-0.2, -0.15) is 0 Å². The third kappa shape index (κ3) is 6.41. The van der Waals surface area contributed by atoms with E-state index in [2.05, 4.69) is 0 Å². The molecule has 6 aromatic rings. The zero-order chi connectivity index (χ0) is 45.8. The van der Waals surface area contributed by atoms with Crippen LogP contribution in [0.4, 0.5) is 105 Å². The van der Waals surface area contributed by atoms with E-state index >= 15 is 52.7 Å². The number of hydrogen-bond acceptors (Lipinski definition) is 0. The molecule has 0 aliphatic rings. The van der Waals surface area contributed by atoms with Crippen molar-refractivity contribution in [1.82, 2.24) is 0 Å². The van der Waals surface area contributed by atoms with Crippen LogP contribution in [0.2, 0.25) is 0 Å². The molecule has 0 saturated heterocycles. The highest BCUT2D eigenvalue weighted by Crippen LogP contribution is 2.38. The minimum Gasteiger partial charge on any atom is -0.204 e. The number of halogens is 24. The van der Waals surface area contributed by atoms with Crippen molar-refractivity contribution in [2.45, 2.75) is 0 Å². The monoisotopic (exact) mass is 902 g/mol. The Labute approximate surface area is 320 Å². The molecule has 0 aliphatic heterocycles. The minimum atomic E-state index is -4.65. The molecule has 0 fully saturated rings. The smallest absolute Gasteiger partial charge is 0.204 e. The van der Waals surface area contributed by atoms with Crippen molar-refractivity contribution in [1.29, 1.82) is 0 Å². The van der Waals surface area contributed by atoms with E-state index in [0.29, 0.717) is 0 Å². The summed E-state index contributed by atoms with van der Waals surface area (Å²) in [5.74, 6) is -76.5. The minimum absolute atomic E-state index is 0.843. The topological polar surface area (TPSA) is 0 Å². The third-order valence-electron chi connectivity index (χ3n) is 8.89. The van der Waals surface area contributed by atoms with E-state index in [-0.39, 0.29) is 0 Å². The normalized spacial score (nSPS) is 11.6. The molecule has 0 saturated carbocycles. The zero-order valence-electron chi connectivity index (χ0n) is 27.9. The van der Waals surface area contributed by atoms with Crippen LogP contribution < -0.4 is 16.4 Å². The van der Waals surface area contributed by atoms with E-state index in [1.807, 2.05) is 0 Å². The maximum absolute atomic E-state index is 16.4. The number of rotatable bonds is 6. The Morgan fingerprint density at radius 1 is 0.197 bits per heavy atom. The van der Waals surface area contributed by atoms with Crippen molar-refractivity contribution >= 4 is 23.1 Å². The fraction of sp³-hybridized carbons (Fsp3) is 0. The Morgan fingerprint density at radius 3 is 0.590 bits per heavy atom. The summed E-state index contributed by atoms with van der Waals surface area (Å²) in [6.45, 7) is -4.65. The fourth-order valence-corrected chi connectivity index (χ4v) is 6.25. The average molecular weight is 902 g/mol. The largest absolute Gasteiger partial charge is 0.255 e. The van der Waals surface area contributed by atoms with Gasteiger partial charge in [0.2, 0.25) is 0 Å². The van der Waals surface area contributed by atoms with Crippen LogP contribution in [0, 0.1) is 140 Å². The van der Waals surface area contributed by atoms with Gasteiger partial charge in [-0.1, -0.05) is 0 Å². The molecule has 0 amide bonds. The predicted molar refractivity (Wildman–Crippen MR) is 159 cm³/mol. The second-order valence-corrected chi connectivity index (χ2v) is 12.1. The lowest BCUT2D eigenvalue weighted by atomic mass is 9.33. The van der Waals surface area contributed by atoms with E-state index in [0.717, 1.165) is 0 Å². The summed E-state index contributed by atoms with van der Waals surface area (Å²) in [5.41, 5.74) is -25.5. The second kappa shape index (κ2) is 15.3. The van der Waals surface area contributed by atoms with Gasteiger partial charge in [-0.3, -0.25) is 0 Å². The zero-order valence-corrected chi connectivity index (χ0v) is 27.9. The second-order valence-electron chi connectivity index (χ2n) is 12.1. The molecular weight excluding hydrogens is 899 g/mol. The van der Waals surface area contributed by atoms with Crippen LogP contribution >= 0.6 is 0 Å². The first-order valence-corrected chi connectivity index (χ1v) is 15.4. The van der Waals surface area contributed by atoms with E-state index in [1.54, 1.807) is 0 Å². The summed E-state index contributed by atoms with van der Waals surface area (Å²) in [5, 5.41) is 0. The molecule has 61 heavy (non-hydrogen) atoms. The first-order valence-electron chi connectivity index (χ1n) is 15.4. The molecule has 25 heteroatoms. The predicted octanol–water partition coefficient (Wildman–Crippen LogP) is 10.5. The van der Waals surface area contributed by atoms with Crippen LogP contribution in [0.15, 0.2) is 18.2 Å². The quantitative estimate of drug-likeness (QED) is 0.0676. The number of hydrogen-bond donors (Lipinski definition) is 0. The Kier molecular flexibility index (Phi) is 11.1. The summed E-state index contributed by atoms with van der Waals surface area (Å²) >= 11 is 0. The summed E-state index contributed by atoms with van der Waals surface area (Å²) in [4.78, 5) is 0. The van der Waals surface area contributed by atoms with Crippen molar-refractivity contribution in [2.75, 3.05) is 0 Å². The Morgan fingerprint density at radius 2 is 0.377 bits per heavy atom. The first-order chi connectivity index (χ1) is 28.3. The maximum atomic E-state index is 16.4. The molecule has 0 heterocycles. The van der Waals surface area contributed by atoms with Gasteiger partial charge < -0.3 is 0 Å². The van der Waals surface area contributed by atoms with Crippen molar-refractivity contribution in [2.24, 2.45) is 0 Å². The van der Waals surface area contributed by atoms with Gasteiger partial charge in [0.1, 0.15) is 0 Å². The Balaban J connectivity index is 2.06. The highest BCUT2D eigenvalue weighted by Gasteiger charge is 2.46. The molecular formula is C36H3BF24. The molecule has 318 valence electrons. The van der Waals surface area contributed by atoms with Gasteiger partial charge in [0.15, 0.2) is 140 Å². The van der Waals surface area contributed by atoms with Crippen molar-refractivity contribution in [3.8, 4) is 33.4 Å². The van der Waals surface area contributed by atoms with Crippen LogP contribution in [0.1, 0.15) is 0 Å². The summed E-state index contributed by atoms with van der Waals surface area (Å²) in [7, 11) is 0. The van der Waals surface area contributed by atoms with E-state index in [9.17, 15) is 52.7 Å². The first kappa shape index (κ1) is 44.3.